The Morgan fingerprint density at radius 1 is 1.15 bits per heavy atom. The zero-order valence-electron chi connectivity index (χ0n) is 18.8. The monoisotopic (exact) mass is 449 g/mol. The van der Waals surface area contributed by atoms with E-state index in [0.29, 0.717) is 35.8 Å². The lowest BCUT2D eigenvalue weighted by atomic mass is 9.90. The van der Waals surface area contributed by atoms with E-state index in [0.717, 1.165) is 35.4 Å². The Kier molecular flexibility index (Phi) is 5.88. The van der Waals surface area contributed by atoms with Gasteiger partial charge in [0.15, 0.2) is 11.6 Å². The van der Waals surface area contributed by atoms with Gasteiger partial charge in [0.25, 0.3) is 5.91 Å². The van der Waals surface area contributed by atoms with Crippen molar-refractivity contribution >= 4 is 5.91 Å². The maximum absolute atomic E-state index is 13.2. The van der Waals surface area contributed by atoms with Gasteiger partial charge >= 0.3 is 0 Å². The van der Waals surface area contributed by atoms with Crippen molar-refractivity contribution in [2.45, 2.75) is 25.7 Å². The lowest BCUT2D eigenvalue weighted by Crippen LogP contribution is -2.39. The van der Waals surface area contributed by atoms with Crippen molar-refractivity contribution < 1.29 is 9.32 Å². The molecule has 7 heteroatoms. The van der Waals surface area contributed by atoms with E-state index in [1.807, 2.05) is 48.2 Å². The highest BCUT2D eigenvalue weighted by Gasteiger charge is 2.29. The molecule has 3 heterocycles. The second kappa shape index (κ2) is 9.28. The highest BCUT2D eigenvalue weighted by atomic mass is 16.5. The van der Waals surface area contributed by atoms with Gasteiger partial charge in [0.05, 0.1) is 28.6 Å². The summed E-state index contributed by atoms with van der Waals surface area (Å²) in [5.41, 5.74) is 4.51. The number of rotatable bonds is 4. The normalized spacial score (nSPS) is 15.6. The molecular formula is C27H23N5O2. The number of likely N-dealkylation sites (tertiary alicyclic amines) is 1. The highest BCUT2D eigenvalue weighted by molar-refractivity contribution is 5.94. The van der Waals surface area contributed by atoms with Crippen molar-refractivity contribution in [1.29, 1.82) is 5.26 Å². The highest BCUT2D eigenvalue weighted by Crippen LogP contribution is 2.35. The number of carbonyl (C=O) groups excluding carboxylic acids is 1. The van der Waals surface area contributed by atoms with Crippen molar-refractivity contribution in [2.24, 2.45) is 0 Å². The molecule has 5 rings (SSSR count). The van der Waals surface area contributed by atoms with Gasteiger partial charge in [-0.25, -0.2) is 9.97 Å². The summed E-state index contributed by atoms with van der Waals surface area (Å²) in [7, 11) is 0. The van der Waals surface area contributed by atoms with Crippen molar-refractivity contribution in [2.75, 3.05) is 13.1 Å². The van der Waals surface area contributed by atoms with Crippen molar-refractivity contribution in [3.63, 3.8) is 0 Å². The number of piperidine rings is 1. The zero-order valence-corrected chi connectivity index (χ0v) is 18.8. The number of hydrogen-bond donors (Lipinski definition) is 0. The Morgan fingerprint density at radius 3 is 2.65 bits per heavy atom. The molecule has 0 bridgehead atoms. The van der Waals surface area contributed by atoms with E-state index < -0.39 is 0 Å². The van der Waals surface area contributed by atoms with E-state index in [4.69, 9.17) is 14.8 Å². The SMILES string of the molecule is Cc1cc(-c2cnc(-c3ccccc3)nc2C2CCCN(C(=O)c3ccc(C#N)cc3)C2)on1. The smallest absolute Gasteiger partial charge is 0.253 e. The molecule has 1 saturated heterocycles. The molecular weight excluding hydrogens is 426 g/mol. The number of nitrogens with zero attached hydrogens (tertiary/aromatic N) is 5. The van der Waals surface area contributed by atoms with Crippen LogP contribution in [0.1, 0.15) is 46.1 Å². The molecule has 2 aromatic heterocycles. The summed E-state index contributed by atoms with van der Waals surface area (Å²) >= 11 is 0. The molecule has 0 N–H and O–H groups in total. The summed E-state index contributed by atoms with van der Waals surface area (Å²) < 4.78 is 5.56. The Bertz CT molecular complexity index is 1360. The summed E-state index contributed by atoms with van der Waals surface area (Å²) in [6, 6.07) is 20.6. The van der Waals surface area contributed by atoms with Crippen LogP contribution >= 0.6 is 0 Å². The maximum atomic E-state index is 13.2. The predicted octanol–water partition coefficient (Wildman–Crippen LogP) is 5.00. The van der Waals surface area contributed by atoms with Gasteiger partial charge in [0, 0.05) is 42.4 Å². The second-order valence-electron chi connectivity index (χ2n) is 8.47. The number of aromatic nitrogens is 3. The molecule has 168 valence electrons. The molecule has 1 fully saturated rings. The molecule has 0 spiro atoms. The summed E-state index contributed by atoms with van der Waals surface area (Å²) in [4.78, 5) is 24.6. The number of benzene rings is 2. The fraction of sp³-hybridized carbons (Fsp3) is 0.222. The molecule has 1 amide bonds. The van der Waals surface area contributed by atoms with Crippen LogP contribution in [0.3, 0.4) is 0 Å². The minimum absolute atomic E-state index is 0.0296. The van der Waals surface area contributed by atoms with Gasteiger partial charge in [0.1, 0.15) is 0 Å². The van der Waals surface area contributed by atoms with Crippen LogP contribution in [-0.2, 0) is 0 Å². The van der Waals surface area contributed by atoms with Crippen LogP contribution in [0.25, 0.3) is 22.7 Å². The quantitative estimate of drug-likeness (QED) is 0.435. The molecule has 34 heavy (non-hydrogen) atoms. The summed E-state index contributed by atoms with van der Waals surface area (Å²) in [5.74, 6) is 1.26. The Hall–Kier alpha value is -4.31. The second-order valence-corrected chi connectivity index (χ2v) is 8.47. The predicted molar refractivity (Wildman–Crippen MR) is 127 cm³/mol. The van der Waals surface area contributed by atoms with Crippen molar-refractivity contribution in [3.05, 3.63) is 89.4 Å². The Labute approximate surface area is 197 Å². The number of aryl methyl sites for hydroxylation is 1. The fourth-order valence-corrected chi connectivity index (χ4v) is 4.37. The van der Waals surface area contributed by atoms with Gasteiger partial charge < -0.3 is 9.42 Å². The average molecular weight is 450 g/mol. The molecule has 1 atom stereocenters. The molecule has 0 saturated carbocycles. The molecule has 7 nitrogen and oxygen atoms in total. The van der Waals surface area contributed by atoms with Crippen LogP contribution < -0.4 is 0 Å². The van der Waals surface area contributed by atoms with E-state index in [9.17, 15) is 4.79 Å². The van der Waals surface area contributed by atoms with E-state index in [2.05, 4.69) is 16.2 Å². The Balaban J connectivity index is 1.49. The van der Waals surface area contributed by atoms with Crippen molar-refractivity contribution in [1.82, 2.24) is 20.0 Å². The van der Waals surface area contributed by atoms with Gasteiger partial charge in [0.2, 0.25) is 0 Å². The average Bonchev–Trinajstić information content (AvgIpc) is 3.34. The van der Waals surface area contributed by atoms with Crippen LogP contribution in [0.2, 0.25) is 0 Å². The standard InChI is InChI=1S/C27H23N5O2/c1-18-14-24(34-31-18)23-16-29-26(20-6-3-2-4-7-20)30-25(23)22-8-5-13-32(17-22)27(33)21-11-9-19(15-28)10-12-21/h2-4,6-7,9-12,14,16,22H,5,8,13,17H2,1H3. The third-order valence-electron chi connectivity index (χ3n) is 6.10. The summed E-state index contributed by atoms with van der Waals surface area (Å²) in [6.07, 6.45) is 3.57. The molecule has 1 aliphatic rings. The van der Waals surface area contributed by atoms with E-state index >= 15 is 0 Å². The van der Waals surface area contributed by atoms with Crippen LogP contribution in [0.5, 0.6) is 0 Å². The first-order chi connectivity index (χ1) is 16.6. The largest absolute Gasteiger partial charge is 0.356 e. The minimum Gasteiger partial charge on any atom is -0.356 e. The first kappa shape index (κ1) is 21.5. The minimum atomic E-state index is -0.0383. The first-order valence-electron chi connectivity index (χ1n) is 11.3. The first-order valence-corrected chi connectivity index (χ1v) is 11.3. The maximum Gasteiger partial charge on any atom is 0.253 e. The lowest BCUT2D eigenvalue weighted by molar-refractivity contribution is 0.0706. The fourth-order valence-electron chi connectivity index (χ4n) is 4.37. The van der Waals surface area contributed by atoms with E-state index in [1.165, 1.54) is 0 Å². The van der Waals surface area contributed by atoms with Gasteiger partial charge in [-0.3, -0.25) is 4.79 Å². The van der Waals surface area contributed by atoms with E-state index in [-0.39, 0.29) is 11.8 Å². The van der Waals surface area contributed by atoms with Crippen LogP contribution in [0.15, 0.2) is 71.4 Å². The van der Waals surface area contributed by atoms with Crippen molar-refractivity contribution in [3.8, 4) is 28.8 Å². The lowest BCUT2D eigenvalue weighted by Gasteiger charge is -2.33. The van der Waals surface area contributed by atoms with Gasteiger partial charge in [-0.2, -0.15) is 5.26 Å². The molecule has 2 aromatic carbocycles. The molecule has 1 aliphatic heterocycles. The third-order valence-corrected chi connectivity index (χ3v) is 6.10. The van der Waals surface area contributed by atoms with Gasteiger partial charge in [-0.1, -0.05) is 35.5 Å². The molecule has 0 radical (unpaired) electrons. The topological polar surface area (TPSA) is 95.9 Å². The van der Waals surface area contributed by atoms with Gasteiger partial charge in [-0.05, 0) is 44.0 Å². The van der Waals surface area contributed by atoms with E-state index in [1.54, 1.807) is 30.5 Å². The number of nitriles is 1. The number of hydrogen-bond acceptors (Lipinski definition) is 6. The van der Waals surface area contributed by atoms with Gasteiger partial charge in [-0.15, -0.1) is 0 Å². The molecule has 1 unspecified atom stereocenters. The summed E-state index contributed by atoms with van der Waals surface area (Å²) in [6.45, 7) is 3.11. The Morgan fingerprint density at radius 2 is 1.94 bits per heavy atom. The third kappa shape index (κ3) is 4.30. The molecule has 0 aliphatic carbocycles. The zero-order chi connectivity index (χ0) is 23.5. The molecule has 4 aromatic rings. The summed E-state index contributed by atoms with van der Waals surface area (Å²) in [5, 5.41) is 13.1. The van der Waals surface area contributed by atoms with Crippen LogP contribution in [0.4, 0.5) is 0 Å². The number of carbonyl (C=O) groups is 1. The number of amides is 1. The van der Waals surface area contributed by atoms with Crippen LogP contribution in [0, 0.1) is 18.3 Å². The van der Waals surface area contributed by atoms with Crippen LogP contribution in [-0.4, -0.2) is 39.0 Å².